The van der Waals surface area contributed by atoms with Crippen LogP contribution in [0.3, 0.4) is 0 Å². The second-order valence-electron chi connectivity index (χ2n) is 4.28. The first kappa shape index (κ1) is 13.8. The molecule has 1 N–H and O–H groups in total. The number of nitriles is 1. The monoisotopic (exact) mass is 328 g/mol. The number of benzene rings is 1. The van der Waals surface area contributed by atoms with E-state index in [1.54, 1.807) is 6.07 Å². The van der Waals surface area contributed by atoms with Gasteiger partial charge in [-0.2, -0.15) is 5.26 Å². The van der Waals surface area contributed by atoms with Crippen LogP contribution in [0.25, 0.3) is 0 Å². The highest BCUT2D eigenvalue weighted by Gasteiger charge is 2.18. The summed E-state index contributed by atoms with van der Waals surface area (Å²) in [5.74, 6) is 0. The van der Waals surface area contributed by atoms with Crippen LogP contribution in [-0.2, 0) is 4.74 Å². The number of nitrogens with zero attached hydrogens (tertiary/aromatic N) is 1. The third kappa shape index (κ3) is 3.46. The number of nitrogens with one attached hydrogen (secondary N) is 1. The molecule has 2 atom stereocenters. The molecule has 1 aromatic carbocycles. The summed E-state index contributed by atoms with van der Waals surface area (Å²) in [6.07, 6.45) is 2.41. The first-order valence-corrected chi connectivity index (χ1v) is 7.07. The van der Waals surface area contributed by atoms with Crippen molar-refractivity contribution in [2.75, 3.05) is 13.2 Å². The Morgan fingerprint density at radius 2 is 2.44 bits per heavy atom. The summed E-state index contributed by atoms with van der Waals surface area (Å²) in [6.45, 7) is 1.54. The first-order valence-electron chi connectivity index (χ1n) is 5.90. The molecule has 0 bridgehead atoms. The van der Waals surface area contributed by atoms with E-state index in [9.17, 15) is 5.26 Å². The van der Waals surface area contributed by atoms with Crippen molar-refractivity contribution >= 4 is 27.5 Å². The summed E-state index contributed by atoms with van der Waals surface area (Å²) < 4.78 is 6.33. The van der Waals surface area contributed by atoms with Gasteiger partial charge in [-0.15, -0.1) is 0 Å². The fourth-order valence-corrected chi connectivity index (χ4v) is 2.50. The van der Waals surface area contributed by atoms with Gasteiger partial charge in [-0.25, -0.2) is 0 Å². The van der Waals surface area contributed by atoms with Crippen molar-refractivity contribution in [1.29, 1.82) is 5.26 Å². The fourth-order valence-electron chi connectivity index (χ4n) is 1.98. The normalized spacial score (nSPS) is 20.6. The second kappa shape index (κ2) is 6.53. The molecule has 1 aliphatic rings. The molecule has 0 spiro atoms. The molecule has 1 heterocycles. The van der Waals surface area contributed by atoms with Gasteiger partial charge in [-0.05, 0) is 46.5 Å². The van der Waals surface area contributed by atoms with E-state index >= 15 is 0 Å². The van der Waals surface area contributed by atoms with Gasteiger partial charge in [0.05, 0.1) is 17.2 Å². The summed E-state index contributed by atoms with van der Waals surface area (Å²) in [4.78, 5) is 0. The van der Waals surface area contributed by atoms with E-state index in [2.05, 4.69) is 27.3 Å². The van der Waals surface area contributed by atoms with Crippen LogP contribution < -0.4 is 5.32 Å². The molecule has 18 heavy (non-hydrogen) atoms. The van der Waals surface area contributed by atoms with Crippen molar-refractivity contribution < 1.29 is 4.74 Å². The highest BCUT2D eigenvalue weighted by atomic mass is 79.9. The van der Waals surface area contributed by atoms with Crippen LogP contribution in [0.2, 0.25) is 5.02 Å². The van der Waals surface area contributed by atoms with Crippen LogP contribution in [-0.4, -0.2) is 19.3 Å². The van der Waals surface area contributed by atoms with E-state index in [-0.39, 0.29) is 12.1 Å². The molecule has 1 aromatic rings. The first-order chi connectivity index (χ1) is 8.70. The molecule has 0 aromatic heterocycles. The molecule has 1 aliphatic heterocycles. The maximum absolute atomic E-state index is 9.21. The molecule has 0 amide bonds. The second-order valence-corrected chi connectivity index (χ2v) is 5.54. The zero-order valence-electron chi connectivity index (χ0n) is 9.83. The van der Waals surface area contributed by atoms with Gasteiger partial charge in [0.1, 0.15) is 6.04 Å². The molecule has 3 nitrogen and oxygen atoms in total. The van der Waals surface area contributed by atoms with E-state index in [4.69, 9.17) is 16.3 Å². The number of ether oxygens (including phenoxy) is 1. The van der Waals surface area contributed by atoms with Crippen LogP contribution in [0.1, 0.15) is 24.4 Å². The predicted molar refractivity (Wildman–Crippen MR) is 74.5 cm³/mol. The van der Waals surface area contributed by atoms with E-state index in [1.807, 2.05) is 12.1 Å². The van der Waals surface area contributed by atoms with Crippen molar-refractivity contribution in [2.24, 2.45) is 0 Å². The van der Waals surface area contributed by atoms with E-state index in [0.29, 0.717) is 11.6 Å². The molecule has 0 radical (unpaired) electrons. The van der Waals surface area contributed by atoms with Crippen LogP contribution in [0, 0.1) is 11.3 Å². The van der Waals surface area contributed by atoms with Gasteiger partial charge >= 0.3 is 0 Å². The minimum absolute atomic E-state index is 0.233. The van der Waals surface area contributed by atoms with Crippen molar-refractivity contribution in [1.82, 2.24) is 5.32 Å². The number of halogens is 2. The van der Waals surface area contributed by atoms with Gasteiger partial charge in [0, 0.05) is 17.6 Å². The molecule has 2 unspecified atom stereocenters. The lowest BCUT2D eigenvalue weighted by atomic mass is 10.1. The lowest BCUT2D eigenvalue weighted by Gasteiger charge is -2.15. The van der Waals surface area contributed by atoms with Gasteiger partial charge in [-0.3, -0.25) is 5.32 Å². The zero-order chi connectivity index (χ0) is 13.0. The maximum atomic E-state index is 9.21. The summed E-state index contributed by atoms with van der Waals surface area (Å²) >= 11 is 9.31. The summed E-state index contributed by atoms with van der Waals surface area (Å²) in [5.41, 5.74) is 0.909. The molecular formula is C13H14BrClN2O. The Balaban J connectivity index is 1.99. The van der Waals surface area contributed by atoms with Gasteiger partial charge in [-0.1, -0.05) is 17.7 Å². The summed E-state index contributed by atoms with van der Waals surface area (Å²) in [6, 6.07) is 7.46. The third-order valence-electron chi connectivity index (χ3n) is 2.98. The van der Waals surface area contributed by atoms with Crippen LogP contribution in [0.4, 0.5) is 0 Å². The molecular weight excluding hydrogens is 316 g/mol. The molecule has 96 valence electrons. The van der Waals surface area contributed by atoms with Crippen LogP contribution in [0.5, 0.6) is 0 Å². The number of hydrogen-bond acceptors (Lipinski definition) is 3. The quantitative estimate of drug-likeness (QED) is 0.920. The Morgan fingerprint density at radius 1 is 1.61 bits per heavy atom. The SMILES string of the molecule is N#CC(NCC1CCCO1)c1ccc(Cl)c(Br)c1. The third-order valence-corrected chi connectivity index (χ3v) is 4.19. The van der Waals surface area contributed by atoms with Gasteiger partial charge in [0.25, 0.3) is 0 Å². The number of hydrogen-bond donors (Lipinski definition) is 1. The molecule has 2 rings (SSSR count). The van der Waals surface area contributed by atoms with Gasteiger partial charge < -0.3 is 4.74 Å². The minimum Gasteiger partial charge on any atom is -0.377 e. The topological polar surface area (TPSA) is 45.0 Å². The Labute approximate surface area is 120 Å². The summed E-state index contributed by atoms with van der Waals surface area (Å²) in [7, 11) is 0. The lowest BCUT2D eigenvalue weighted by molar-refractivity contribution is 0.109. The van der Waals surface area contributed by atoms with Crippen molar-refractivity contribution in [2.45, 2.75) is 25.0 Å². The van der Waals surface area contributed by atoms with Crippen LogP contribution in [0.15, 0.2) is 22.7 Å². The fraction of sp³-hybridized carbons (Fsp3) is 0.462. The van der Waals surface area contributed by atoms with E-state index in [1.165, 1.54) is 0 Å². The van der Waals surface area contributed by atoms with Crippen molar-refractivity contribution in [3.8, 4) is 6.07 Å². The predicted octanol–water partition coefficient (Wildman–Crippen LogP) is 3.44. The van der Waals surface area contributed by atoms with Crippen molar-refractivity contribution in [3.63, 3.8) is 0 Å². The van der Waals surface area contributed by atoms with Gasteiger partial charge in [0.2, 0.25) is 0 Å². The molecule has 0 saturated carbocycles. The van der Waals surface area contributed by atoms with Crippen LogP contribution >= 0.6 is 27.5 Å². The standard InChI is InChI=1S/C13H14BrClN2O/c14-11-6-9(3-4-12(11)15)13(7-16)17-8-10-2-1-5-18-10/h3-4,6,10,13,17H,1-2,5,8H2. The average Bonchev–Trinajstić information content (AvgIpc) is 2.87. The number of rotatable bonds is 4. The largest absolute Gasteiger partial charge is 0.377 e. The lowest BCUT2D eigenvalue weighted by Crippen LogP contribution is -2.29. The molecule has 0 aliphatic carbocycles. The minimum atomic E-state index is -0.331. The average molecular weight is 330 g/mol. The molecule has 5 heteroatoms. The smallest absolute Gasteiger partial charge is 0.121 e. The Kier molecular flexibility index (Phi) is 5.02. The summed E-state index contributed by atoms with van der Waals surface area (Å²) in [5, 5.41) is 13.1. The highest BCUT2D eigenvalue weighted by Crippen LogP contribution is 2.26. The Bertz CT molecular complexity index is 455. The van der Waals surface area contributed by atoms with Crippen molar-refractivity contribution in [3.05, 3.63) is 33.3 Å². The van der Waals surface area contributed by atoms with E-state index in [0.717, 1.165) is 29.5 Å². The Hall–Kier alpha value is -0.600. The zero-order valence-corrected chi connectivity index (χ0v) is 12.2. The molecule has 1 saturated heterocycles. The highest BCUT2D eigenvalue weighted by molar-refractivity contribution is 9.10. The van der Waals surface area contributed by atoms with Gasteiger partial charge in [0.15, 0.2) is 0 Å². The Morgan fingerprint density at radius 3 is 3.06 bits per heavy atom. The maximum Gasteiger partial charge on any atom is 0.121 e. The van der Waals surface area contributed by atoms with E-state index < -0.39 is 0 Å². The molecule has 1 fully saturated rings.